The second kappa shape index (κ2) is 4.72. The monoisotopic (exact) mass is 259 g/mol. The zero-order valence-electron chi connectivity index (χ0n) is 12.0. The molecule has 0 atom stereocenters. The smallest absolute Gasteiger partial charge is 0.304 e. The topological polar surface area (TPSA) is 53.1 Å². The normalized spacial score (nSPS) is 12.0. The average Bonchev–Trinajstić information content (AvgIpc) is 2.62. The molecule has 0 bridgehead atoms. The van der Waals surface area contributed by atoms with Gasteiger partial charge in [0, 0.05) is 22.0 Å². The Balaban J connectivity index is 2.64. The largest absolute Gasteiger partial charge is 0.481 e. The van der Waals surface area contributed by atoms with Crippen LogP contribution in [0.4, 0.5) is 0 Å². The molecule has 0 saturated carbocycles. The molecule has 0 fully saturated rings. The van der Waals surface area contributed by atoms with Gasteiger partial charge in [-0.15, -0.1) is 0 Å². The van der Waals surface area contributed by atoms with E-state index < -0.39 is 5.97 Å². The minimum absolute atomic E-state index is 0.136. The number of aromatic nitrogens is 1. The van der Waals surface area contributed by atoms with Crippen molar-refractivity contribution < 1.29 is 9.90 Å². The lowest BCUT2D eigenvalue weighted by molar-refractivity contribution is -0.138. The maximum absolute atomic E-state index is 11.1. The predicted octanol–water partition coefficient (Wildman–Crippen LogP) is 3.79. The van der Waals surface area contributed by atoms with Gasteiger partial charge in [0.2, 0.25) is 0 Å². The molecule has 3 nitrogen and oxygen atoms in total. The van der Waals surface area contributed by atoms with E-state index >= 15 is 0 Å². The molecule has 0 radical (unpaired) electrons. The number of aromatic amines is 1. The summed E-state index contributed by atoms with van der Waals surface area (Å²) in [5.74, 6) is -0.759. The number of aliphatic carboxylic acids is 1. The fourth-order valence-corrected chi connectivity index (χ4v) is 2.93. The van der Waals surface area contributed by atoms with Crippen LogP contribution in [0, 0.1) is 6.92 Å². The third-order valence-electron chi connectivity index (χ3n) is 3.73. The minimum Gasteiger partial charge on any atom is -0.481 e. The molecule has 2 aromatic rings. The molecule has 1 aromatic carbocycles. The second-order valence-electron chi connectivity index (χ2n) is 5.81. The van der Waals surface area contributed by atoms with Gasteiger partial charge in [0.1, 0.15) is 0 Å². The third kappa shape index (κ3) is 2.50. The number of benzene rings is 1. The molecule has 0 aliphatic heterocycles. The van der Waals surface area contributed by atoms with E-state index in [1.54, 1.807) is 0 Å². The minimum atomic E-state index is -0.759. The molecular formula is C16H21NO2. The van der Waals surface area contributed by atoms with Crippen LogP contribution in [0.15, 0.2) is 18.2 Å². The molecule has 0 amide bonds. The van der Waals surface area contributed by atoms with Crippen molar-refractivity contribution in [3.8, 4) is 0 Å². The summed E-state index contributed by atoms with van der Waals surface area (Å²) in [6, 6.07) is 6.38. The molecule has 0 spiro atoms. The van der Waals surface area contributed by atoms with Gasteiger partial charge in [-0.25, -0.2) is 0 Å². The van der Waals surface area contributed by atoms with Crippen LogP contribution in [-0.2, 0) is 16.6 Å². The van der Waals surface area contributed by atoms with Crippen molar-refractivity contribution >= 4 is 16.9 Å². The lowest BCUT2D eigenvalue weighted by atomic mass is 9.79. The predicted molar refractivity (Wildman–Crippen MR) is 77.7 cm³/mol. The standard InChI is InChI=1S/C16H21NO2/c1-5-11-6-7-13-12(8-11)15(10(2)17-13)16(3,4)9-14(18)19/h6-8,17H,5,9H2,1-4H3,(H,18,19). The van der Waals surface area contributed by atoms with Crippen molar-refractivity contribution in [3.63, 3.8) is 0 Å². The first-order chi connectivity index (χ1) is 8.85. The van der Waals surface area contributed by atoms with Crippen LogP contribution in [0.25, 0.3) is 10.9 Å². The van der Waals surface area contributed by atoms with Gasteiger partial charge in [0.05, 0.1) is 6.42 Å². The van der Waals surface area contributed by atoms with E-state index in [0.29, 0.717) is 0 Å². The van der Waals surface area contributed by atoms with E-state index in [4.69, 9.17) is 5.11 Å². The first-order valence-corrected chi connectivity index (χ1v) is 6.68. The van der Waals surface area contributed by atoms with Crippen LogP contribution in [0.2, 0.25) is 0 Å². The first-order valence-electron chi connectivity index (χ1n) is 6.68. The maximum Gasteiger partial charge on any atom is 0.304 e. The molecule has 0 unspecified atom stereocenters. The zero-order valence-corrected chi connectivity index (χ0v) is 12.0. The lowest BCUT2D eigenvalue weighted by Crippen LogP contribution is -2.22. The number of rotatable bonds is 4. The number of nitrogens with one attached hydrogen (secondary N) is 1. The molecule has 2 N–H and O–H groups in total. The molecule has 2 rings (SSSR count). The third-order valence-corrected chi connectivity index (χ3v) is 3.73. The number of carboxylic acids is 1. The highest BCUT2D eigenvalue weighted by Gasteiger charge is 2.29. The highest BCUT2D eigenvalue weighted by Crippen LogP contribution is 2.36. The van der Waals surface area contributed by atoms with Crippen LogP contribution in [0.1, 0.15) is 44.0 Å². The quantitative estimate of drug-likeness (QED) is 0.877. The van der Waals surface area contributed by atoms with E-state index in [2.05, 4.69) is 30.1 Å². The second-order valence-corrected chi connectivity index (χ2v) is 5.81. The van der Waals surface area contributed by atoms with Gasteiger partial charge >= 0.3 is 5.97 Å². The van der Waals surface area contributed by atoms with Crippen molar-refractivity contribution in [1.29, 1.82) is 0 Å². The van der Waals surface area contributed by atoms with Gasteiger partial charge in [-0.3, -0.25) is 4.79 Å². The molecule has 3 heteroatoms. The van der Waals surface area contributed by atoms with Crippen molar-refractivity contribution in [2.45, 2.75) is 46.0 Å². The van der Waals surface area contributed by atoms with E-state index in [1.165, 1.54) is 5.56 Å². The fraction of sp³-hybridized carbons (Fsp3) is 0.438. The highest BCUT2D eigenvalue weighted by atomic mass is 16.4. The molecular weight excluding hydrogens is 238 g/mol. The molecule has 0 saturated heterocycles. The summed E-state index contributed by atoms with van der Waals surface area (Å²) in [5, 5.41) is 10.3. The number of H-pyrrole nitrogens is 1. The SMILES string of the molecule is CCc1ccc2[nH]c(C)c(C(C)(C)CC(=O)O)c2c1. The number of carboxylic acid groups (broad SMARTS) is 1. The number of aryl methyl sites for hydroxylation is 2. The Bertz CT molecular complexity index is 623. The molecule has 102 valence electrons. The van der Waals surface area contributed by atoms with E-state index in [0.717, 1.165) is 28.6 Å². The molecule has 19 heavy (non-hydrogen) atoms. The van der Waals surface area contributed by atoms with Crippen LogP contribution < -0.4 is 0 Å². The van der Waals surface area contributed by atoms with Crippen LogP contribution in [0.5, 0.6) is 0 Å². The summed E-state index contributed by atoms with van der Waals surface area (Å²) in [4.78, 5) is 14.4. The van der Waals surface area contributed by atoms with Gasteiger partial charge in [-0.2, -0.15) is 0 Å². The Labute approximate surface area is 113 Å². The summed E-state index contributed by atoms with van der Waals surface area (Å²) in [6.07, 6.45) is 1.12. The van der Waals surface area contributed by atoms with Gasteiger partial charge in [-0.05, 0) is 36.6 Å². The molecule has 0 aliphatic rings. The van der Waals surface area contributed by atoms with Gasteiger partial charge < -0.3 is 10.1 Å². The number of carbonyl (C=O) groups is 1. The fourth-order valence-electron chi connectivity index (χ4n) is 2.93. The average molecular weight is 259 g/mol. The van der Waals surface area contributed by atoms with Crippen molar-refractivity contribution in [2.75, 3.05) is 0 Å². The van der Waals surface area contributed by atoms with E-state index in [9.17, 15) is 4.79 Å². The van der Waals surface area contributed by atoms with Gasteiger partial charge in [0.25, 0.3) is 0 Å². The maximum atomic E-state index is 11.1. The Hall–Kier alpha value is -1.77. The van der Waals surface area contributed by atoms with Gasteiger partial charge in [-0.1, -0.05) is 26.8 Å². The Kier molecular flexibility index (Phi) is 3.40. The Morgan fingerprint density at radius 3 is 2.63 bits per heavy atom. The Morgan fingerprint density at radius 2 is 2.05 bits per heavy atom. The van der Waals surface area contributed by atoms with E-state index in [-0.39, 0.29) is 11.8 Å². The van der Waals surface area contributed by atoms with Crippen LogP contribution in [0.3, 0.4) is 0 Å². The summed E-state index contributed by atoms with van der Waals surface area (Å²) >= 11 is 0. The lowest BCUT2D eigenvalue weighted by Gasteiger charge is -2.23. The molecule has 0 aliphatic carbocycles. The van der Waals surface area contributed by atoms with Gasteiger partial charge in [0.15, 0.2) is 0 Å². The first kappa shape index (κ1) is 13.7. The summed E-state index contributed by atoms with van der Waals surface area (Å²) in [5.41, 5.74) is 4.18. The van der Waals surface area contributed by atoms with Crippen molar-refractivity contribution in [1.82, 2.24) is 4.98 Å². The highest BCUT2D eigenvalue weighted by molar-refractivity contribution is 5.87. The molecule has 1 heterocycles. The summed E-state index contributed by atoms with van der Waals surface area (Å²) in [6.45, 7) is 8.14. The van der Waals surface area contributed by atoms with E-state index in [1.807, 2.05) is 20.8 Å². The summed E-state index contributed by atoms with van der Waals surface area (Å²) < 4.78 is 0. The number of hydrogen-bond acceptors (Lipinski definition) is 1. The number of fused-ring (bicyclic) bond motifs is 1. The Morgan fingerprint density at radius 1 is 1.37 bits per heavy atom. The summed E-state index contributed by atoms with van der Waals surface area (Å²) in [7, 11) is 0. The van der Waals surface area contributed by atoms with Crippen LogP contribution in [-0.4, -0.2) is 16.1 Å². The zero-order chi connectivity index (χ0) is 14.2. The number of hydrogen-bond donors (Lipinski definition) is 2. The molecule has 1 aromatic heterocycles. The van der Waals surface area contributed by atoms with Crippen LogP contribution >= 0.6 is 0 Å². The van der Waals surface area contributed by atoms with Crippen molar-refractivity contribution in [3.05, 3.63) is 35.0 Å². The van der Waals surface area contributed by atoms with Crippen molar-refractivity contribution in [2.24, 2.45) is 0 Å².